The maximum Gasteiger partial charge on any atom is 0.336 e. The van der Waals surface area contributed by atoms with Gasteiger partial charge in [-0.25, -0.2) is 4.79 Å². The van der Waals surface area contributed by atoms with Crippen molar-refractivity contribution >= 4 is 17.5 Å². The lowest BCUT2D eigenvalue weighted by molar-refractivity contribution is -0.136. The average molecular weight is 547 g/mol. The van der Waals surface area contributed by atoms with Crippen molar-refractivity contribution in [2.75, 3.05) is 13.7 Å². The average Bonchev–Trinajstić information content (AvgIpc) is 3.27. The molecule has 1 heterocycles. The number of carbonyl (C=O) groups is 2. The zero-order valence-electron chi connectivity index (χ0n) is 23.3. The monoisotopic (exact) mass is 546 g/mol. The molecular formula is C34H30N2O5. The number of rotatable bonds is 9. The van der Waals surface area contributed by atoms with E-state index in [9.17, 15) is 14.9 Å². The van der Waals surface area contributed by atoms with Gasteiger partial charge >= 0.3 is 5.97 Å². The summed E-state index contributed by atoms with van der Waals surface area (Å²) in [6, 6.07) is 20.6. The van der Waals surface area contributed by atoms with Gasteiger partial charge in [0.05, 0.1) is 42.6 Å². The molecule has 0 N–H and O–H groups in total. The lowest BCUT2D eigenvalue weighted by Crippen LogP contribution is -2.32. The van der Waals surface area contributed by atoms with Crippen LogP contribution >= 0.6 is 0 Å². The molecule has 0 aromatic heterocycles. The summed E-state index contributed by atoms with van der Waals surface area (Å²) in [5.41, 5.74) is 5.65. The molecule has 0 fully saturated rings. The van der Waals surface area contributed by atoms with Crippen molar-refractivity contribution in [3.8, 4) is 17.6 Å². The molecule has 1 aliphatic heterocycles. The molecule has 2 aliphatic rings. The highest BCUT2D eigenvalue weighted by molar-refractivity contribution is 6.30. The standard InChI is InChI=1S/C34H30N2O5/c1-5-11-21-16-24(17-27(40-6-2)33(21)41-19-23-13-8-7-12-22(23)18-35)29-28(34(38)39-4)20(3)36-31-25-14-9-10-15-26(25)32(37)30(29)31/h5,7-10,12-17,29-30H,1,6,11,19H2,2-4H3/t29-,30?/m0/s1. The molecule has 1 aliphatic carbocycles. The Morgan fingerprint density at radius 1 is 1.05 bits per heavy atom. The molecule has 0 saturated heterocycles. The number of benzene rings is 3. The number of methoxy groups -OCH3 is 1. The fourth-order valence-corrected chi connectivity index (χ4v) is 5.70. The second-order valence-corrected chi connectivity index (χ2v) is 9.84. The Morgan fingerprint density at radius 2 is 1.78 bits per heavy atom. The van der Waals surface area contributed by atoms with Crippen molar-refractivity contribution in [2.45, 2.75) is 32.8 Å². The number of nitriles is 1. The number of Topliss-reactive ketones (excluding diaryl/α,β-unsaturated/α-hetero) is 1. The predicted molar refractivity (Wildman–Crippen MR) is 155 cm³/mol. The molecule has 3 aromatic carbocycles. The van der Waals surface area contributed by atoms with Crippen molar-refractivity contribution in [1.29, 1.82) is 5.26 Å². The smallest absolute Gasteiger partial charge is 0.336 e. The number of aliphatic imine (C=N–C) groups is 1. The number of esters is 1. The van der Waals surface area contributed by atoms with Crippen LogP contribution in [0, 0.1) is 17.2 Å². The van der Waals surface area contributed by atoms with E-state index >= 15 is 0 Å². The van der Waals surface area contributed by atoms with E-state index in [1.54, 1.807) is 25.1 Å². The van der Waals surface area contributed by atoms with Gasteiger partial charge in [0.25, 0.3) is 0 Å². The first-order valence-electron chi connectivity index (χ1n) is 13.5. The molecule has 7 nitrogen and oxygen atoms in total. The molecule has 206 valence electrons. The molecule has 0 spiro atoms. The van der Waals surface area contributed by atoms with Gasteiger partial charge in [-0.2, -0.15) is 5.26 Å². The van der Waals surface area contributed by atoms with Gasteiger partial charge in [0.2, 0.25) is 0 Å². The van der Waals surface area contributed by atoms with E-state index in [1.165, 1.54) is 7.11 Å². The third-order valence-corrected chi connectivity index (χ3v) is 7.46. The summed E-state index contributed by atoms with van der Waals surface area (Å²) >= 11 is 0. The SMILES string of the molecule is C=CCc1cc([C@H]2C(C(=O)OC)=C(C)N=C3c4ccccc4C(=O)C32)cc(OCC)c1OCc1ccccc1C#N. The molecule has 0 amide bonds. The van der Waals surface area contributed by atoms with Crippen LogP contribution < -0.4 is 9.47 Å². The van der Waals surface area contributed by atoms with Gasteiger partial charge in [-0.05, 0) is 38.0 Å². The topological polar surface area (TPSA) is 98.0 Å². The van der Waals surface area contributed by atoms with Crippen molar-refractivity contribution in [1.82, 2.24) is 0 Å². The van der Waals surface area contributed by atoms with Gasteiger partial charge in [-0.1, -0.05) is 54.6 Å². The minimum absolute atomic E-state index is 0.0880. The van der Waals surface area contributed by atoms with Crippen LogP contribution in [0.25, 0.3) is 0 Å². The summed E-state index contributed by atoms with van der Waals surface area (Å²) in [6.45, 7) is 8.10. The van der Waals surface area contributed by atoms with Crippen LogP contribution in [-0.4, -0.2) is 31.2 Å². The van der Waals surface area contributed by atoms with E-state index in [2.05, 4.69) is 12.6 Å². The Balaban J connectivity index is 1.66. The Hall–Kier alpha value is -4.96. The maximum atomic E-state index is 13.8. The Bertz CT molecular complexity index is 1660. The van der Waals surface area contributed by atoms with E-state index < -0.39 is 17.8 Å². The van der Waals surface area contributed by atoms with Gasteiger partial charge in [-0.3, -0.25) is 9.79 Å². The molecule has 1 unspecified atom stereocenters. The summed E-state index contributed by atoms with van der Waals surface area (Å²) < 4.78 is 17.6. The van der Waals surface area contributed by atoms with Crippen LogP contribution in [0.2, 0.25) is 0 Å². The first-order valence-corrected chi connectivity index (χ1v) is 13.5. The Kier molecular flexibility index (Phi) is 7.84. The first-order chi connectivity index (χ1) is 19.9. The minimum atomic E-state index is -0.689. The van der Waals surface area contributed by atoms with Crippen molar-refractivity contribution in [3.63, 3.8) is 0 Å². The van der Waals surface area contributed by atoms with E-state index in [-0.39, 0.29) is 12.4 Å². The summed E-state index contributed by atoms with van der Waals surface area (Å²) in [5.74, 6) is -0.957. The van der Waals surface area contributed by atoms with Crippen molar-refractivity contribution in [3.05, 3.63) is 118 Å². The number of carbonyl (C=O) groups excluding carboxylic acids is 2. The van der Waals surface area contributed by atoms with Crippen LogP contribution in [0.3, 0.4) is 0 Å². The van der Waals surface area contributed by atoms with Crippen LogP contribution in [0.1, 0.15) is 57.9 Å². The lowest BCUT2D eigenvalue weighted by Gasteiger charge is -2.30. The number of allylic oxidation sites excluding steroid dienone is 2. The van der Waals surface area contributed by atoms with Crippen molar-refractivity contribution < 1.29 is 23.8 Å². The highest BCUT2D eigenvalue weighted by Gasteiger charge is 2.48. The van der Waals surface area contributed by atoms with Gasteiger partial charge < -0.3 is 14.2 Å². The molecule has 0 bridgehead atoms. The van der Waals surface area contributed by atoms with Crippen LogP contribution in [0.5, 0.6) is 11.5 Å². The molecule has 41 heavy (non-hydrogen) atoms. The molecule has 3 aromatic rings. The van der Waals surface area contributed by atoms with Gasteiger partial charge in [0.15, 0.2) is 17.3 Å². The third kappa shape index (κ3) is 4.93. The number of hydrogen-bond donors (Lipinski definition) is 0. The highest BCUT2D eigenvalue weighted by Crippen LogP contribution is 2.48. The Labute approximate surface area is 239 Å². The van der Waals surface area contributed by atoms with Crippen molar-refractivity contribution in [2.24, 2.45) is 10.9 Å². The second-order valence-electron chi connectivity index (χ2n) is 9.84. The molecule has 0 radical (unpaired) electrons. The normalized spacial score (nSPS) is 17.2. The van der Waals surface area contributed by atoms with Crippen LogP contribution in [-0.2, 0) is 22.6 Å². The van der Waals surface area contributed by atoms with E-state index in [4.69, 9.17) is 19.2 Å². The zero-order chi connectivity index (χ0) is 29.1. The number of fused-ring (bicyclic) bond motifs is 3. The summed E-state index contributed by atoms with van der Waals surface area (Å²) in [6.07, 6.45) is 2.21. The molecule has 5 rings (SSSR count). The van der Waals surface area contributed by atoms with Gasteiger partial charge in [-0.15, -0.1) is 6.58 Å². The first kappa shape index (κ1) is 27.6. The molecule has 2 atom stereocenters. The number of nitrogens with zero attached hydrogens (tertiary/aromatic N) is 2. The number of hydrogen-bond acceptors (Lipinski definition) is 7. The number of ketones is 1. The van der Waals surface area contributed by atoms with Crippen LogP contribution in [0.15, 0.2) is 89.6 Å². The minimum Gasteiger partial charge on any atom is -0.490 e. The molecule has 0 saturated carbocycles. The van der Waals surface area contributed by atoms with E-state index in [0.29, 0.717) is 58.2 Å². The summed E-state index contributed by atoms with van der Waals surface area (Å²) in [4.78, 5) is 31.8. The highest BCUT2D eigenvalue weighted by atomic mass is 16.5. The fourth-order valence-electron chi connectivity index (χ4n) is 5.70. The van der Waals surface area contributed by atoms with E-state index in [1.807, 2.05) is 55.5 Å². The van der Waals surface area contributed by atoms with Gasteiger partial charge in [0, 0.05) is 33.9 Å². The maximum absolute atomic E-state index is 13.8. The summed E-state index contributed by atoms with van der Waals surface area (Å²) in [5, 5.41) is 9.52. The quantitative estimate of drug-likeness (QED) is 0.237. The van der Waals surface area contributed by atoms with E-state index in [0.717, 1.165) is 16.7 Å². The second kappa shape index (κ2) is 11.6. The van der Waals surface area contributed by atoms with Crippen LogP contribution in [0.4, 0.5) is 0 Å². The predicted octanol–water partition coefficient (Wildman–Crippen LogP) is 6.11. The number of ether oxygens (including phenoxy) is 3. The fraction of sp³-hybridized carbons (Fsp3) is 0.235. The molecule has 7 heteroatoms. The summed E-state index contributed by atoms with van der Waals surface area (Å²) in [7, 11) is 1.33. The lowest BCUT2D eigenvalue weighted by atomic mass is 9.74. The largest absolute Gasteiger partial charge is 0.490 e. The van der Waals surface area contributed by atoms with Gasteiger partial charge in [0.1, 0.15) is 6.61 Å². The third-order valence-electron chi connectivity index (χ3n) is 7.46. The Morgan fingerprint density at radius 3 is 2.49 bits per heavy atom. The zero-order valence-corrected chi connectivity index (χ0v) is 23.3. The molecular weight excluding hydrogens is 516 g/mol.